The Morgan fingerprint density at radius 3 is 2.79 bits per heavy atom. The zero-order valence-electron chi connectivity index (χ0n) is 14.5. The third-order valence-electron chi connectivity index (χ3n) is 4.83. The largest absolute Gasteiger partial charge is 0.367 e. The second-order valence-electron chi connectivity index (χ2n) is 6.27. The highest BCUT2D eigenvalue weighted by molar-refractivity contribution is 7.09. The summed E-state index contributed by atoms with van der Waals surface area (Å²) in [5.41, 5.74) is 4.22. The smallest absolute Gasteiger partial charge is 0.249 e. The van der Waals surface area contributed by atoms with Crippen LogP contribution in [0.5, 0.6) is 0 Å². The first-order chi connectivity index (χ1) is 11.5. The van der Waals surface area contributed by atoms with E-state index in [1.807, 2.05) is 6.92 Å². The molecule has 2 heterocycles. The first-order valence-electron chi connectivity index (χ1n) is 8.32. The Hall–Kier alpha value is -1.53. The van der Waals surface area contributed by atoms with Crippen LogP contribution in [0.25, 0.3) is 0 Å². The lowest BCUT2D eigenvalue weighted by molar-refractivity contribution is 0.579. The van der Waals surface area contributed by atoms with Gasteiger partial charge in [0.15, 0.2) is 0 Å². The fourth-order valence-electron chi connectivity index (χ4n) is 3.17. The average Bonchev–Trinajstić information content (AvgIpc) is 3.17. The Balaban J connectivity index is 2.00. The summed E-state index contributed by atoms with van der Waals surface area (Å²) in [5, 5.41) is 9.89. The summed E-state index contributed by atoms with van der Waals surface area (Å²) in [7, 11) is 0. The lowest BCUT2D eigenvalue weighted by Gasteiger charge is -2.27. The van der Waals surface area contributed by atoms with Gasteiger partial charge in [0, 0.05) is 30.0 Å². The molecule has 0 amide bonds. The minimum absolute atomic E-state index is 0.422. The topological polar surface area (TPSA) is 53.7 Å². The molecule has 128 valence electrons. The summed E-state index contributed by atoms with van der Waals surface area (Å²) in [6, 6.07) is 2.58. The number of unbranched alkanes of at least 4 members (excludes halogenated alkanes) is 1. The van der Waals surface area contributed by atoms with E-state index in [-0.39, 0.29) is 0 Å². The SMILES string of the molecule is CCCCN1c2c(cc(N=Nc3ncns3)c(C)c2Cl)C(C)C1C. The van der Waals surface area contributed by atoms with Gasteiger partial charge in [-0.15, -0.1) is 10.2 Å². The number of anilines is 1. The maximum absolute atomic E-state index is 6.74. The number of benzene rings is 1. The zero-order valence-corrected chi connectivity index (χ0v) is 16.0. The molecule has 7 heteroatoms. The molecule has 0 saturated carbocycles. The molecule has 0 N–H and O–H groups in total. The van der Waals surface area contributed by atoms with Crippen LogP contribution in [0.1, 0.15) is 50.7 Å². The van der Waals surface area contributed by atoms with Gasteiger partial charge in [0.2, 0.25) is 5.13 Å². The minimum atomic E-state index is 0.422. The number of fused-ring (bicyclic) bond motifs is 1. The van der Waals surface area contributed by atoms with Crippen LogP contribution in [0.15, 0.2) is 22.6 Å². The van der Waals surface area contributed by atoms with E-state index in [1.165, 1.54) is 42.0 Å². The lowest BCUT2D eigenvalue weighted by Crippen LogP contribution is -2.31. The molecular formula is C17H22ClN5S. The zero-order chi connectivity index (χ0) is 17.3. The quantitative estimate of drug-likeness (QED) is 0.609. The molecule has 1 aromatic heterocycles. The Kier molecular flexibility index (Phi) is 5.15. The Morgan fingerprint density at radius 2 is 2.12 bits per heavy atom. The van der Waals surface area contributed by atoms with Gasteiger partial charge in [0.25, 0.3) is 0 Å². The number of hydrogen-bond acceptors (Lipinski definition) is 6. The Morgan fingerprint density at radius 1 is 1.33 bits per heavy atom. The monoisotopic (exact) mass is 363 g/mol. The van der Waals surface area contributed by atoms with Gasteiger partial charge in [-0.25, -0.2) is 4.98 Å². The van der Waals surface area contributed by atoms with E-state index < -0.39 is 0 Å². The van der Waals surface area contributed by atoms with E-state index in [4.69, 9.17) is 11.6 Å². The fraction of sp³-hybridized carbons (Fsp3) is 0.529. The van der Waals surface area contributed by atoms with Crippen molar-refractivity contribution in [3.05, 3.63) is 28.5 Å². The van der Waals surface area contributed by atoms with Crippen molar-refractivity contribution in [2.45, 2.75) is 52.5 Å². The molecule has 24 heavy (non-hydrogen) atoms. The fourth-order valence-corrected chi connectivity index (χ4v) is 3.84. The molecule has 0 radical (unpaired) electrons. The van der Waals surface area contributed by atoms with Gasteiger partial charge < -0.3 is 4.90 Å². The maximum Gasteiger partial charge on any atom is 0.249 e. The molecule has 3 rings (SSSR count). The molecule has 0 spiro atoms. The van der Waals surface area contributed by atoms with E-state index in [9.17, 15) is 0 Å². The summed E-state index contributed by atoms with van der Waals surface area (Å²) in [6.45, 7) is 9.79. The van der Waals surface area contributed by atoms with Gasteiger partial charge in [0.1, 0.15) is 6.33 Å². The molecule has 0 saturated heterocycles. The molecule has 5 nitrogen and oxygen atoms in total. The molecule has 2 unspecified atom stereocenters. The number of hydrogen-bond donors (Lipinski definition) is 0. The van der Waals surface area contributed by atoms with E-state index >= 15 is 0 Å². The molecule has 0 aliphatic carbocycles. The predicted molar refractivity (Wildman–Crippen MR) is 100 cm³/mol. The molecule has 1 aliphatic rings. The van der Waals surface area contributed by atoms with Crippen molar-refractivity contribution >= 4 is 39.6 Å². The van der Waals surface area contributed by atoms with Crippen molar-refractivity contribution in [1.29, 1.82) is 0 Å². The molecule has 2 aromatic rings. The van der Waals surface area contributed by atoms with Gasteiger partial charge in [-0.2, -0.15) is 4.37 Å². The molecule has 2 atom stereocenters. The maximum atomic E-state index is 6.74. The summed E-state index contributed by atoms with van der Waals surface area (Å²) < 4.78 is 3.94. The summed E-state index contributed by atoms with van der Waals surface area (Å²) in [4.78, 5) is 6.48. The van der Waals surface area contributed by atoms with Gasteiger partial charge >= 0.3 is 0 Å². The van der Waals surface area contributed by atoms with Crippen LogP contribution in [0.4, 0.5) is 16.5 Å². The first kappa shape index (κ1) is 17.3. The Bertz CT molecular complexity index is 744. The van der Waals surface area contributed by atoms with E-state index in [0.29, 0.717) is 17.1 Å². The van der Waals surface area contributed by atoms with Crippen LogP contribution < -0.4 is 4.90 Å². The molecule has 0 fully saturated rings. The van der Waals surface area contributed by atoms with Gasteiger partial charge in [0.05, 0.1) is 16.4 Å². The minimum Gasteiger partial charge on any atom is -0.367 e. The van der Waals surface area contributed by atoms with Crippen molar-refractivity contribution in [2.24, 2.45) is 10.2 Å². The summed E-state index contributed by atoms with van der Waals surface area (Å²) in [6.07, 6.45) is 3.83. The van der Waals surface area contributed by atoms with Crippen LogP contribution >= 0.6 is 23.1 Å². The van der Waals surface area contributed by atoms with Crippen molar-refractivity contribution in [1.82, 2.24) is 9.36 Å². The van der Waals surface area contributed by atoms with Crippen molar-refractivity contribution in [3.8, 4) is 0 Å². The standard InChI is InChI=1S/C17H22ClN5S/c1-5-6-7-23-12(4)10(2)13-8-14(11(3)15(18)16(13)23)21-22-17-19-9-20-24-17/h8-10,12H,5-7H2,1-4H3. The van der Waals surface area contributed by atoms with Crippen LogP contribution in [0, 0.1) is 6.92 Å². The number of halogens is 1. The molecule has 1 aliphatic heterocycles. The normalized spacial score (nSPS) is 20.1. The number of azo groups is 1. The van der Waals surface area contributed by atoms with Crippen LogP contribution in [-0.4, -0.2) is 21.9 Å². The van der Waals surface area contributed by atoms with Crippen molar-refractivity contribution in [3.63, 3.8) is 0 Å². The van der Waals surface area contributed by atoms with E-state index in [2.05, 4.69) is 51.3 Å². The highest BCUT2D eigenvalue weighted by atomic mass is 35.5. The van der Waals surface area contributed by atoms with Crippen molar-refractivity contribution < 1.29 is 0 Å². The first-order valence-corrected chi connectivity index (χ1v) is 9.47. The van der Waals surface area contributed by atoms with Crippen LogP contribution in [0.2, 0.25) is 5.02 Å². The van der Waals surface area contributed by atoms with Crippen LogP contribution in [-0.2, 0) is 0 Å². The Labute approximate surface area is 151 Å². The predicted octanol–water partition coefficient (Wildman–Crippen LogP) is 6.03. The number of nitrogens with zero attached hydrogens (tertiary/aromatic N) is 5. The van der Waals surface area contributed by atoms with Gasteiger partial charge in [-0.1, -0.05) is 31.9 Å². The van der Waals surface area contributed by atoms with Crippen molar-refractivity contribution in [2.75, 3.05) is 11.4 Å². The molecular weight excluding hydrogens is 342 g/mol. The summed E-state index contributed by atoms with van der Waals surface area (Å²) in [5.74, 6) is 0.422. The second-order valence-corrected chi connectivity index (χ2v) is 7.41. The third-order valence-corrected chi connectivity index (χ3v) is 5.84. The highest BCUT2D eigenvalue weighted by Crippen LogP contribution is 2.49. The molecule has 1 aromatic carbocycles. The third kappa shape index (κ3) is 3.05. The van der Waals surface area contributed by atoms with E-state index in [0.717, 1.165) is 22.8 Å². The van der Waals surface area contributed by atoms with Gasteiger partial charge in [-0.05, 0) is 37.5 Å². The average molecular weight is 364 g/mol. The lowest BCUT2D eigenvalue weighted by atomic mass is 9.96. The number of aromatic nitrogens is 2. The number of rotatable bonds is 5. The highest BCUT2D eigenvalue weighted by Gasteiger charge is 2.35. The second kappa shape index (κ2) is 7.15. The van der Waals surface area contributed by atoms with E-state index in [1.54, 1.807) is 0 Å². The summed E-state index contributed by atoms with van der Waals surface area (Å²) >= 11 is 7.97. The van der Waals surface area contributed by atoms with Crippen LogP contribution in [0.3, 0.4) is 0 Å². The van der Waals surface area contributed by atoms with Gasteiger partial charge in [-0.3, -0.25) is 0 Å². The molecule has 0 bridgehead atoms.